The average Bonchev–Trinajstić information content (AvgIpc) is 2.81. The molecule has 6 nitrogen and oxygen atoms in total. The molecule has 0 aliphatic carbocycles. The maximum Gasteiger partial charge on any atom is 0.246 e. The zero-order valence-corrected chi connectivity index (χ0v) is 13.0. The molecule has 0 radical (unpaired) electrons. The van der Waals surface area contributed by atoms with Gasteiger partial charge in [-0.25, -0.2) is 8.42 Å². The van der Waals surface area contributed by atoms with Crippen molar-refractivity contribution in [2.75, 3.05) is 27.2 Å². The summed E-state index contributed by atoms with van der Waals surface area (Å²) in [5, 5.41) is 9.04. The van der Waals surface area contributed by atoms with Crippen LogP contribution in [-0.4, -0.2) is 56.0 Å². The molecule has 0 unspecified atom stereocenters. The van der Waals surface area contributed by atoms with E-state index in [4.69, 9.17) is 9.52 Å². The molecular weight excluding hydrogens is 280 g/mol. The highest BCUT2D eigenvalue weighted by Crippen LogP contribution is 2.26. The Morgan fingerprint density at radius 2 is 2.00 bits per heavy atom. The summed E-state index contributed by atoms with van der Waals surface area (Å²) in [6.07, 6.45) is 1.66. The summed E-state index contributed by atoms with van der Waals surface area (Å²) >= 11 is 0. The first kappa shape index (κ1) is 15.5. The Bertz CT molecular complexity index is 557. The van der Waals surface area contributed by atoms with Crippen LogP contribution >= 0.6 is 0 Å². The van der Waals surface area contributed by atoms with E-state index in [9.17, 15) is 8.42 Å². The van der Waals surface area contributed by atoms with Crippen LogP contribution in [0, 0.1) is 6.92 Å². The molecule has 0 amide bonds. The van der Waals surface area contributed by atoms with E-state index in [1.54, 1.807) is 6.92 Å². The molecule has 1 aromatic rings. The molecule has 2 rings (SSSR count). The number of furan rings is 1. The van der Waals surface area contributed by atoms with Gasteiger partial charge in [-0.05, 0) is 33.9 Å². The van der Waals surface area contributed by atoms with Crippen LogP contribution in [0.15, 0.2) is 15.4 Å². The summed E-state index contributed by atoms with van der Waals surface area (Å²) in [7, 11) is 0.512. The van der Waals surface area contributed by atoms with Gasteiger partial charge in [0.2, 0.25) is 10.0 Å². The molecule has 1 N–H and O–H groups in total. The molecule has 2 heterocycles. The summed E-state index contributed by atoms with van der Waals surface area (Å²) in [6.45, 7) is 2.35. The number of hydrogen-bond donors (Lipinski definition) is 1. The third-order valence-electron chi connectivity index (χ3n) is 3.85. The van der Waals surface area contributed by atoms with Crippen LogP contribution in [0.4, 0.5) is 0 Å². The van der Waals surface area contributed by atoms with Gasteiger partial charge in [-0.3, -0.25) is 0 Å². The summed E-state index contributed by atoms with van der Waals surface area (Å²) < 4.78 is 31.9. The van der Waals surface area contributed by atoms with Crippen LogP contribution < -0.4 is 0 Å². The van der Waals surface area contributed by atoms with Crippen LogP contribution in [0.3, 0.4) is 0 Å². The van der Waals surface area contributed by atoms with Crippen molar-refractivity contribution in [2.45, 2.75) is 37.3 Å². The molecule has 114 valence electrons. The van der Waals surface area contributed by atoms with Crippen molar-refractivity contribution in [1.82, 2.24) is 9.21 Å². The lowest BCUT2D eigenvalue weighted by atomic mass is 10.1. The van der Waals surface area contributed by atoms with Gasteiger partial charge in [-0.1, -0.05) is 0 Å². The van der Waals surface area contributed by atoms with Gasteiger partial charge < -0.3 is 14.4 Å². The molecule has 0 aromatic carbocycles. The molecule has 1 aliphatic heterocycles. The van der Waals surface area contributed by atoms with Crippen molar-refractivity contribution in [1.29, 1.82) is 0 Å². The number of aryl methyl sites for hydroxylation is 1. The van der Waals surface area contributed by atoms with Gasteiger partial charge in [0.25, 0.3) is 0 Å². The lowest BCUT2D eigenvalue weighted by Crippen LogP contribution is -2.44. The highest BCUT2D eigenvalue weighted by Gasteiger charge is 2.32. The zero-order chi connectivity index (χ0) is 14.9. The number of aliphatic hydroxyl groups is 1. The Balaban J connectivity index is 2.17. The molecule has 1 aliphatic rings. The van der Waals surface area contributed by atoms with Crippen molar-refractivity contribution in [3.63, 3.8) is 0 Å². The zero-order valence-electron chi connectivity index (χ0n) is 12.2. The minimum atomic E-state index is -3.52. The predicted octanol–water partition coefficient (Wildman–Crippen LogP) is 0.795. The normalized spacial score (nSPS) is 18.9. The molecule has 20 heavy (non-hydrogen) atoms. The smallest absolute Gasteiger partial charge is 0.246 e. The van der Waals surface area contributed by atoms with E-state index in [-0.39, 0.29) is 17.3 Å². The number of nitrogens with zero attached hydrogens (tertiary/aromatic N) is 2. The molecular formula is C13H22N2O4S. The van der Waals surface area contributed by atoms with Crippen LogP contribution in [0.2, 0.25) is 0 Å². The van der Waals surface area contributed by atoms with E-state index in [0.717, 1.165) is 12.8 Å². The van der Waals surface area contributed by atoms with Gasteiger partial charge in [0.15, 0.2) is 0 Å². The maximum atomic E-state index is 12.6. The third kappa shape index (κ3) is 2.90. The highest BCUT2D eigenvalue weighted by molar-refractivity contribution is 7.89. The number of hydrogen-bond acceptors (Lipinski definition) is 5. The second-order valence-electron chi connectivity index (χ2n) is 5.39. The first-order valence-corrected chi connectivity index (χ1v) is 8.17. The second kappa shape index (κ2) is 5.85. The van der Waals surface area contributed by atoms with Gasteiger partial charge in [0.05, 0.1) is 0 Å². The average molecular weight is 302 g/mol. The Morgan fingerprint density at radius 1 is 1.40 bits per heavy atom. The van der Waals surface area contributed by atoms with Crippen molar-refractivity contribution in [3.8, 4) is 0 Å². The van der Waals surface area contributed by atoms with E-state index in [1.807, 2.05) is 14.1 Å². The molecule has 1 aromatic heterocycles. The number of piperidine rings is 1. The van der Waals surface area contributed by atoms with E-state index in [2.05, 4.69) is 4.90 Å². The minimum Gasteiger partial charge on any atom is -0.462 e. The van der Waals surface area contributed by atoms with E-state index in [0.29, 0.717) is 24.9 Å². The largest absolute Gasteiger partial charge is 0.462 e. The molecule has 1 fully saturated rings. The van der Waals surface area contributed by atoms with Gasteiger partial charge in [0, 0.05) is 25.2 Å². The van der Waals surface area contributed by atoms with E-state index < -0.39 is 10.0 Å². The predicted molar refractivity (Wildman–Crippen MR) is 74.8 cm³/mol. The van der Waals surface area contributed by atoms with E-state index >= 15 is 0 Å². The third-order valence-corrected chi connectivity index (χ3v) is 5.86. The standard InChI is InChI=1S/C13H22N2O4S/c1-10-13(8-12(9-16)19-10)20(17,18)15-6-4-11(5-7-15)14(2)3/h8,11,16H,4-7,9H2,1-3H3. The van der Waals surface area contributed by atoms with Gasteiger partial charge in [-0.15, -0.1) is 0 Å². The molecule has 1 saturated heterocycles. The Hall–Kier alpha value is -0.890. The second-order valence-corrected chi connectivity index (χ2v) is 7.30. The van der Waals surface area contributed by atoms with Crippen LogP contribution in [0.25, 0.3) is 0 Å². The lowest BCUT2D eigenvalue weighted by Gasteiger charge is -2.34. The van der Waals surface area contributed by atoms with Gasteiger partial charge in [-0.2, -0.15) is 4.31 Å². The molecule has 0 saturated carbocycles. The summed E-state index contributed by atoms with van der Waals surface area (Å²) in [6, 6.07) is 1.85. The topological polar surface area (TPSA) is 74.0 Å². The fraction of sp³-hybridized carbons (Fsp3) is 0.692. The molecule has 0 bridgehead atoms. The number of aliphatic hydroxyl groups excluding tert-OH is 1. The lowest BCUT2D eigenvalue weighted by molar-refractivity contribution is 0.196. The van der Waals surface area contributed by atoms with Crippen molar-refractivity contribution >= 4 is 10.0 Å². The Labute approximate surface area is 120 Å². The summed E-state index contributed by atoms with van der Waals surface area (Å²) in [4.78, 5) is 2.31. The minimum absolute atomic E-state index is 0.171. The number of sulfonamides is 1. The van der Waals surface area contributed by atoms with Crippen LogP contribution in [0.1, 0.15) is 24.4 Å². The van der Waals surface area contributed by atoms with Crippen LogP contribution in [-0.2, 0) is 16.6 Å². The maximum absolute atomic E-state index is 12.6. The Kier molecular flexibility index (Phi) is 4.53. The van der Waals surface area contributed by atoms with Crippen molar-refractivity contribution in [3.05, 3.63) is 17.6 Å². The Morgan fingerprint density at radius 3 is 2.45 bits per heavy atom. The molecule has 7 heteroatoms. The molecule has 0 atom stereocenters. The van der Waals surface area contributed by atoms with Crippen molar-refractivity contribution < 1.29 is 17.9 Å². The highest BCUT2D eigenvalue weighted by atomic mass is 32.2. The van der Waals surface area contributed by atoms with Gasteiger partial charge >= 0.3 is 0 Å². The van der Waals surface area contributed by atoms with E-state index in [1.165, 1.54) is 10.4 Å². The quantitative estimate of drug-likeness (QED) is 0.890. The SMILES string of the molecule is Cc1oc(CO)cc1S(=O)(=O)N1CCC(N(C)C)CC1. The van der Waals surface area contributed by atoms with Gasteiger partial charge in [0.1, 0.15) is 23.0 Å². The summed E-state index contributed by atoms with van der Waals surface area (Å²) in [5.74, 6) is 0.619. The van der Waals surface area contributed by atoms with Crippen LogP contribution in [0.5, 0.6) is 0 Å². The first-order valence-electron chi connectivity index (χ1n) is 6.73. The monoisotopic (exact) mass is 302 g/mol. The fourth-order valence-corrected chi connectivity index (χ4v) is 4.25. The fourth-order valence-electron chi connectivity index (χ4n) is 2.60. The summed E-state index contributed by atoms with van der Waals surface area (Å²) in [5.41, 5.74) is 0. The number of rotatable bonds is 4. The first-order chi connectivity index (χ1) is 9.36. The van der Waals surface area contributed by atoms with Crippen molar-refractivity contribution in [2.24, 2.45) is 0 Å². The molecule has 0 spiro atoms.